The number of anilines is 2. The second-order valence-corrected chi connectivity index (χ2v) is 10.1. The fourth-order valence-electron chi connectivity index (χ4n) is 4.18. The summed E-state index contributed by atoms with van der Waals surface area (Å²) >= 11 is 3.49. The van der Waals surface area contributed by atoms with Crippen molar-refractivity contribution in [3.8, 4) is 23.0 Å². The number of benzene rings is 4. The molecule has 4 rings (SSSR count). The van der Waals surface area contributed by atoms with Crippen LogP contribution in [-0.2, 0) is 11.4 Å². The van der Waals surface area contributed by atoms with Crippen molar-refractivity contribution in [2.45, 2.75) is 20.5 Å². The first kappa shape index (κ1) is 32.1. The molecule has 0 aliphatic carbocycles. The first-order valence-corrected chi connectivity index (χ1v) is 14.6. The number of carbonyl (C=O) groups excluding carboxylic acids is 2. The Morgan fingerprint density at radius 1 is 0.818 bits per heavy atom. The van der Waals surface area contributed by atoms with Gasteiger partial charge in [-0.05, 0) is 71.7 Å². The van der Waals surface area contributed by atoms with Crippen LogP contribution in [0.2, 0.25) is 0 Å². The number of hydrogen-bond acceptors (Lipinski definition) is 6. The smallest absolute Gasteiger partial charge is 0.255 e. The summed E-state index contributed by atoms with van der Waals surface area (Å²) in [5, 5.41) is 5.69. The van der Waals surface area contributed by atoms with Gasteiger partial charge in [-0.2, -0.15) is 0 Å². The van der Waals surface area contributed by atoms with Crippen LogP contribution in [0.25, 0.3) is 6.08 Å². The van der Waals surface area contributed by atoms with Crippen molar-refractivity contribution >= 4 is 45.2 Å². The van der Waals surface area contributed by atoms with E-state index in [0.717, 1.165) is 0 Å². The Labute approximate surface area is 263 Å². The SMILES string of the molecule is CCOc1cc(NC(=O)c2ccccc2)c(OCC)cc1NC(=O)/C=C/c1cc(Br)c(OCc2ccccc2F)c(OC)c1. The summed E-state index contributed by atoms with van der Waals surface area (Å²) in [6, 6.07) is 21.9. The van der Waals surface area contributed by atoms with E-state index in [-0.39, 0.29) is 18.3 Å². The third-order valence-corrected chi connectivity index (χ3v) is 6.82. The summed E-state index contributed by atoms with van der Waals surface area (Å²) in [7, 11) is 1.50. The van der Waals surface area contributed by atoms with Crippen molar-refractivity contribution in [1.29, 1.82) is 0 Å². The van der Waals surface area contributed by atoms with Gasteiger partial charge in [0.05, 0.1) is 36.2 Å². The molecule has 10 heteroatoms. The highest BCUT2D eigenvalue weighted by Crippen LogP contribution is 2.39. The molecule has 228 valence electrons. The molecule has 0 aromatic heterocycles. The summed E-state index contributed by atoms with van der Waals surface area (Å²) in [4.78, 5) is 25.8. The van der Waals surface area contributed by atoms with E-state index in [2.05, 4.69) is 26.6 Å². The lowest BCUT2D eigenvalue weighted by molar-refractivity contribution is -0.111. The molecule has 2 amide bonds. The molecule has 0 radical (unpaired) electrons. The standard InChI is InChI=1S/C34H32BrFN2O6/c1-4-42-29-20-28(38-34(40)23-11-7-6-8-12-23)30(43-5-2)19-27(29)37-32(39)16-15-22-17-25(35)33(31(18-22)41-3)44-21-24-13-9-10-14-26(24)36/h6-20H,4-5,21H2,1-3H3,(H,37,39)(H,38,40)/b16-15+. The van der Waals surface area contributed by atoms with E-state index in [4.69, 9.17) is 18.9 Å². The molecule has 0 heterocycles. The maximum absolute atomic E-state index is 14.0. The Morgan fingerprint density at radius 2 is 1.45 bits per heavy atom. The van der Waals surface area contributed by atoms with Crippen molar-refractivity contribution in [3.05, 3.63) is 112 Å². The number of nitrogens with one attached hydrogen (secondary N) is 2. The average Bonchev–Trinajstić information content (AvgIpc) is 3.02. The Morgan fingerprint density at radius 3 is 2.09 bits per heavy atom. The molecule has 8 nitrogen and oxygen atoms in total. The molecule has 0 fully saturated rings. The van der Waals surface area contributed by atoms with Crippen molar-refractivity contribution in [2.75, 3.05) is 31.0 Å². The summed E-state index contributed by atoms with van der Waals surface area (Å²) in [6.45, 7) is 4.33. The Kier molecular flexibility index (Phi) is 11.4. The highest BCUT2D eigenvalue weighted by atomic mass is 79.9. The van der Waals surface area contributed by atoms with Crippen molar-refractivity contribution in [2.24, 2.45) is 0 Å². The van der Waals surface area contributed by atoms with E-state index in [9.17, 15) is 14.0 Å². The van der Waals surface area contributed by atoms with Gasteiger partial charge in [0.1, 0.15) is 23.9 Å². The number of ether oxygens (including phenoxy) is 4. The number of hydrogen-bond donors (Lipinski definition) is 2. The van der Waals surface area contributed by atoms with E-state index in [1.807, 2.05) is 19.9 Å². The molecule has 0 unspecified atom stereocenters. The summed E-state index contributed by atoms with van der Waals surface area (Å²) < 4.78 is 37.5. The molecule has 0 spiro atoms. The lowest BCUT2D eigenvalue weighted by Gasteiger charge is -2.17. The number of amides is 2. The zero-order valence-electron chi connectivity index (χ0n) is 24.5. The molecule has 0 aliphatic heterocycles. The van der Waals surface area contributed by atoms with Crippen LogP contribution in [0, 0.1) is 5.82 Å². The van der Waals surface area contributed by atoms with Crippen LogP contribution in [0.15, 0.2) is 89.4 Å². The monoisotopic (exact) mass is 662 g/mol. The predicted molar refractivity (Wildman–Crippen MR) is 172 cm³/mol. The Balaban J connectivity index is 1.51. The van der Waals surface area contributed by atoms with Gasteiger partial charge in [0.25, 0.3) is 5.91 Å². The third kappa shape index (κ3) is 8.38. The van der Waals surface area contributed by atoms with Gasteiger partial charge in [-0.25, -0.2) is 4.39 Å². The lowest BCUT2D eigenvalue weighted by Crippen LogP contribution is -2.14. The normalized spacial score (nSPS) is 10.8. The molecule has 0 aliphatic rings. The molecule has 4 aromatic rings. The van der Waals surface area contributed by atoms with Crippen LogP contribution in [0.3, 0.4) is 0 Å². The number of halogens is 2. The minimum atomic E-state index is -0.426. The number of carbonyl (C=O) groups is 2. The number of methoxy groups -OCH3 is 1. The van der Waals surface area contributed by atoms with E-state index in [1.54, 1.807) is 72.8 Å². The fraction of sp³-hybridized carbons (Fsp3) is 0.176. The van der Waals surface area contributed by atoms with Crippen LogP contribution < -0.4 is 29.6 Å². The minimum Gasteiger partial charge on any atom is -0.493 e. The lowest BCUT2D eigenvalue weighted by atomic mass is 10.1. The second kappa shape index (κ2) is 15.6. The van der Waals surface area contributed by atoms with Gasteiger partial charge in [-0.15, -0.1) is 0 Å². The van der Waals surface area contributed by atoms with Crippen molar-refractivity contribution in [3.63, 3.8) is 0 Å². The minimum absolute atomic E-state index is 0.0137. The van der Waals surface area contributed by atoms with E-state index >= 15 is 0 Å². The fourth-order valence-corrected chi connectivity index (χ4v) is 4.75. The highest BCUT2D eigenvalue weighted by molar-refractivity contribution is 9.10. The molecular formula is C34H32BrFN2O6. The maximum Gasteiger partial charge on any atom is 0.255 e. The van der Waals surface area contributed by atoms with Gasteiger partial charge in [0.15, 0.2) is 11.5 Å². The summed E-state index contributed by atoms with van der Waals surface area (Å²) in [5.74, 6) is 0.454. The van der Waals surface area contributed by atoms with Gasteiger partial charge in [0.2, 0.25) is 5.91 Å². The largest absolute Gasteiger partial charge is 0.493 e. The predicted octanol–water partition coefficient (Wildman–Crippen LogP) is 7.88. The average molecular weight is 664 g/mol. The quantitative estimate of drug-likeness (QED) is 0.141. The third-order valence-electron chi connectivity index (χ3n) is 6.23. The Hall–Kier alpha value is -4.83. The van der Waals surface area contributed by atoms with Crippen molar-refractivity contribution < 1.29 is 32.9 Å². The van der Waals surface area contributed by atoms with Crippen molar-refractivity contribution in [1.82, 2.24) is 0 Å². The summed E-state index contributed by atoms with van der Waals surface area (Å²) in [5.41, 5.74) is 2.34. The first-order chi connectivity index (χ1) is 21.3. The molecule has 0 bridgehead atoms. The molecule has 0 saturated heterocycles. The van der Waals surface area contributed by atoms with Gasteiger partial charge >= 0.3 is 0 Å². The van der Waals surface area contributed by atoms with E-state index < -0.39 is 5.91 Å². The Bertz CT molecular complexity index is 1640. The first-order valence-electron chi connectivity index (χ1n) is 13.9. The molecule has 0 saturated carbocycles. The number of rotatable bonds is 13. The van der Waals surface area contributed by atoms with Gasteiger partial charge in [-0.1, -0.05) is 36.4 Å². The van der Waals surface area contributed by atoms with Crippen LogP contribution in [0.1, 0.15) is 35.3 Å². The van der Waals surface area contributed by atoms with Crippen LogP contribution in [0.5, 0.6) is 23.0 Å². The highest BCUT2D eigenvalue weighted by Gasteiger charge is 2.17. The molecular weight excluding hydrogens is 631 g/mol. The van der Waals surface area contributed by atoms with Crippen LogP contribution >= 0.6 is 15.9 Å². The van der Waals surface area contributed by atoms with E-state index in [0.29, 0.717) is 68.7 Å². The van der Waals surface area contributed by atoms with Crippen LogP contribution in [0.4, 0.5) is 15.8 Å². The molecule has 2 N–H and O–H groups in total. The second-order valence-electron chi connectivity index (χ2n) is 9.27. The molecule has 44 heavy (non-hydrogen) atoms. The zero-order chi connectivity index (χ0) is 31.5. The molecule has 0 atom stereocenters. The van der Waals surface area contributed by atoms with E-state index in [1.165, 1.54) is 19.3 Å². The van der Waals surface area contributed by atoms with Gasteiger partial charge in [-0.3, -0.25) is 9.59 Å². The van der Waals surface area contributed by atoms with Crippen LogP contribution in [-0.4, -0.2) is 32.1 Å². The topological polar surface area (TPSA) is 95.1 Å². The van der Waals surface area contributed by atoms with Gasteiger partial charge < -0.3 is 29.6 Å². The summed E-state index contributed by atoms with van der Waals surface area (Å²) in [6.07, 6.45) is 2.98. The molecule has 4 aromatic carbocycles. The maximum atomic E-state index is 14.0. The zero-order valence-corrected chi connectivity index (χ0v) is 26.1. The van der Waals surface area contributed by atoms with Gasteiger partial charge in [0, 0.05) is 29.3 Å².